The Bertz CT molecular complexity index is 377. The van der Waals surface area contributed by atoms with Crippen molar-refractivity contribution in [3.05, 3.63) is 48.3 Å². The van der Waals surface area contributed by atoms with E-state index in [1.807, 2.05) is 0 Å². The molecule has 0 saturated carbocycles. The fraction of sp³-hybridized carbons (Fsp3) is 0.250. The quantitative estimate of drug-likeness (QED) is 0.550. The number of benzene rings is 1. The summed E-state index contributed by atoms with van der Waals surface area (Å²) in [6.07, 6.45) is 0.435. The second-order valence-electron chi connectivity index (χ2n) is 3.14. The second-order valence-corrected chi connectivity index (χ2v) is 3.14. The summed E-state index contributed by atoms with van der Waals surface area (Å²) in [7, 11) is 0. The number of carbonyl (C=O) groups is 1. The fourth-order valence-electron chi connectivity index (χ4n) is 1.12. The first kappa shape index (κ1) is 12.5. The normalized spacial score (nSPS) is 12.1. The Morgan fingerprint density at radius 2 is 2.19 bits per heavy atom. The van der Waals surface area contributed by atoms with Gasteiger partial charge in [0.05, 0.1) is 5.56 Å². The van der Waals surface area contributed by atoms with E-state index in [4.69, 9.17) is 4.74 Å². The molecular weight excluding hydrogens is 214 g/mol. The summed E-state index contributed by atoms with van der Waals surface area (Å²) in [6.45, 7) is 2.23. The number of rotatable bonds is 6. The van der Waals surface area contributed by atoms with Crippen LogP contribution in [0.2, 0.25) is 0 Å². The van der Waals surface area contributed by atoms with Gasteiger partial charge in [0, 0.05) is 0 Å². The molecule has 0 saturated heterocycles. The summed E-state index contributed by atoms with van der Waals surface area (Å²) in [5.74, 6) is -1.12. The largest absolute Gasteiger partial charge is 0.363 e. The van der Waals surface area contributed by atoms with E-state index in [1.165, 1.54) is 24.3 Å². The van der Waals surface area contributed by atoms with Crippen LogP contribution in [0.4, 0.5) is 8.78 Å². The molecule has 1 atom stereocenters. The Morgan fingerprint density at radius 1 is 1.50 bits per heavy atom. The highest BCUT2D eigenvalue weighted by Gasteiger charge is 2.13. The lowest BCUT2D eigenvalue weighted by atomic mass is 10.1. The van der Waals surface area contributed by atoms with Crippen LogP contribution in [0.3, 0.4) is 0 Å². The number of hydrogen-bond donors (Lipinski definition) is 0. The molecule has 86 valence electrons. The molecule has 0 aliphatic rings. The van der Waals surface area contributed by atoms with Crippen LogP contribution in [-0.4, -0.2) is 25.2 Å². The molecule has 0 aliphatic carbocycles. The first-order valence-corrected chi connectivity index (χ1v) is 4.77. The third-order valence-corrected chi connectivity index (χ3v) is 2.02. The maximum Gasteiger partial charge on any atom is 0.191 e. The van der Waals surface area contributed by atoms with Crippen molar-refractivity contribution in [2.75, 3.05) is 13.3 Å². The van der Waals surface area contributed by atoms with Gasteiger partial charge >= 0.3 is 0 Å². The Hall–Kier alpha value is -1.55. The molecule has 2 nitrogen and oxygen atoms in total. The number of ether oxygens (including phenoxy) is 1. The molecule has 0 unspecified atom stereocenters. The molecule has 1 aromatic rings. The summed E-state index contributed by atoms with van der Waals surface area (Å²) in [5.41, 5.74) is -0.0517. The lowest BCUT2D eigenvalue weighted by Gasteiger charge is -2.09. The molecule has 0 fully saturated rings. The van der Waals surface area contributed by atoms with Gasteiger partial charge in [-0.2, -0.15) is 0 Å². The smallest absolute Gasteiger partial charge is 0.191 e. The zero-order valence-electron chi connectivity index (χ0n) is 8.66. The van der Waals surface area contributed by atoms with E-state index in [9.17, 15) is 13.6 Å². The molecule has 0 aromatic heterocycles. The Labute approximate surface area is 92.5 Å². The number of carbonyl (C=O) groups excluding carboxylic acids is 1. The van der Waals surface area contributed by atoms with Crippen molar-refractivity contribution in [2.45, 2.75) is 6.10 Å². The summed E-state index contributed by atoms with van der Waals surface area (Å²) >= 11 is 0. The minimum Gasteiger partial charge on any atom is -0.363 e. The lowest BCUT2D eigenvalue weighted by Crippen LogP contribution is -2.18. The second kappa shape index (κ2) is 6.12. The summed E-state index contributed by atoms with van der Waals surface area (Å²) in [6, 6.07) is 5.59. The van der Waals surface area contributed by atoms with Crippen molar-refractivity contribution in [3.8, 4) is 0 Å². The van der Waals surface area contributed by atoms with Gasteiger partial charge in [-0.05, 0) is 12.1 Å². The summed E-state index contributed by atoms with van der Waals surface area (Å²) < 4.78 is 30.3. The predicted molar refractivity (Wildman–Crippen MR) is 56.6 cm³/mol. The zero-order valence-corrected chi connectivity index (χ0v) is 8.66. The number of Topliss-reactive ketones (excluding diaryl/α,β-unsaturated/α-hetero) is 1. The molecular formula is C12H12F2O2. The van der Waals surface area contributed by atoms with Crippen LogP contribution >= 0.6 is 0 Å². The highest BCUT2D eigenvalue weighted by molar-refractivity contribution is 5.97. The summed E-state index contributed by atoms with van der Waals surface area (Å²) in [4.78, 5) is 11.5. The first-order chi connectivity index (χ1) is 7.69. The van der Waals surface area contributed by atoms with Gasteiger partial charge < -0.3 is 4.74 Å². The SMILES string of the molecule is C=C[C@@H](CF)OCC(=O)c1ccccc1F. The number of halogens is 2. The van der Waals surface area contributed by atoms with Crippen molar-refractivity contribution in [3.63, 3.8) is 0 Å². The highest BCUT2D eigenvalue weighted by atomic mass is 19.1. The molecule has 0 aliphatic heterocycles. The number of ketones is 1. The van der Waals surface area contributed by atoms with E-state index in [1.54, 1.807) is 6.07 Å². The van der Waals surface area contributed by atoms with Crippen LogP contribution in [0, 0.1) is 5.82 Å². The van der Waals surface area contributed by atoms with Gasteiger partial charge in [-0.15, -0.1) is 6.58 Å². The van der Waals surface area contributed by atoms with Gasteiger partial charge in [-0.1, -0.05) is 18.2 Å². The van der Waals surface area contributed by atoms with Crippen LogP contribution in [0.25, 0.3) is 0 Å². The van der Waals surface area contributed by atoms with Crippen LogP contribution in [0.15, 0.2) is 36.9 Å². The first-order valence-electron chi connectivity index (χ1n) is 4.77. The zero-order chi connectivity index (χ0) is 12.0. The molecule has 1 aromatic carbocycles. The average molecular weight is 226 g/mol. The predicted octanol–water partition coefficient (Wildman–Crippen LogP) is 2.55. The topological polar surface area (TPSA) is 26.3 Å². The Balaban J connectivity index is 2.59. The van der Waals surface area contributed by atoms with Crippen molar-refractivity contribution < 1.29 is 18.3 Å². The molecule has 0 radical (unpaired) electrons. The van der Waals surface area contributed by atoms with E-state index in [0.29, 0.717) is 0 Å². The monoisotopic (exact) mass is 226 g/mol. The minimum absolute atomic E-state index is 0.0517. The lowest BCUT2D eigenvalue weighted by molar-refractivity contribution is 0.0534. The molecule has 1 rings (SSSR count). The third-order valence-electron chi connectivity index (χ3n) is 2.02. The van der Waals surface area contributed by atoms with Crippen LogP contribution in [0.1, 0.15) is 10.4 Å². The van der Waals surface area contributed by atoms with E-state index >= 15 is 0 Å². The van der Waals surface area contributed by atoms with Gasteiger partial charge in [0.1, 0.15) is 25.2 Å². The third kappa shape index (κ3) is 3.24. The van der Waals surface area contributed by atoms with E-state index in [0.717, 1.165) is 0 Å². The molecule has 4 heteroatoms. The molecule has 0 heterocycles. The van der Waals surface area contributed by atoms with Crippen molar-refractivity contribution in [1.82, 2.24) is 0 Å². The van der Waals surface area contributed by atoms with Crippen LogP contribution in [0.5, 0.6) is 0 Å². The molecule has 0 spiro atoms. The van der Waals surface area contributed by atoms with Gasteiger partial charge in [-0.3, -0.25) is 4.79 Å². The number of hydrogen-bond acceptors (Lipinski definition) is 2. The Kier molecular flexibility index (Phi) is 4.79. The van der Waals surface area contributed by atoms with Crippen molar-refractivity contribution >= 4 is 5.78 Å². The van der Waals surface area contributed by atoms with Gasteiger partial charge in [0.15, 0.2) is 5.78 Å². The average Bonchev–Trinajstić information content (AvgIpc) is 2.30. The Morgan fingerprint density at radius 3 is 2.75 bits per heavy atom. The highest BCUT2D eigenvalue weighted by Crippen LogP contribution is 2.08. The van der Waals surface area contributed by atoms with E-state index < -0.39 is 24.4 Å². The van der Waals surface area contributed by atoms with Crippen LogP contribution in [-0.2, 0) is 4.74 Å². The molecule has 0 amide bonds. The van der Waals surface area contributed by atoms with Crippen molar-refractivity contribution in [2.24, 2.45) is 0 Å². The summed E-state index contributed by atoms with van der Waals surface area (Å²) in [5, 5.41) is 0. The maximum absolute atomic E-state index is 13.2. The maximum atomic E-state index is 13.2. The fourth-order valence-corrected chi connectivity index (χ4v) is 1.12. The van der Waals surface area contributed by atoms with Gasteiger partial charge in [0.2, 0.25) is 0 Å². The van der Waals surface area contributed by atoms with Crippen molar-refractivity contribution in [1.29, 1.82) is 0 Å². The molecule has 0 bridgehead atoms. The van der Waals surface area contributed by atoms with E-state index in [-0.39, 0.29) is 12.2 Å². The molecule has 0 N–H and O–H groups in total. The number of alkyl halides is 1. The molecule has 16 heavy (non-hydrogen) atoms. The van der Waals surface area contributed by atoms with E-state index in [2.05, 4.69) is 6.58 Å². The minimum atomic E-state index is -0.823. The van der Waals surface area contributed by atoms with Gasteiger partial charge in [0.25, 0.3) is 0 Å². The van der Waals surface area contributed by atoms with Gasteiger partial charge in [-0.25, -0.2) is 8.78 Å². The van der Waals surface area contributed by atoms with Crippen LogP contribution < -0.4 is 0 Å². The standard InChI is InChI=1S/C12H12F2O2/c1-2-9(7-13)16-8-12(15)10-5-3-4-6-11(10)14/h2-6,9H,1,7-8H2/t9-/m0/s1.